The molecule has 2 N–H and O–H groups in total. The Kier molecular flexibility index (Phi) is 3.59. The van der Waals surface area contributed by atoms with E-state index in [-0.39, 0.29) is 18.6 Å². The molecule has 86 valence electrons. The Morgan fingerprint density at radius 2 is 2.27 bits per heavy atom. The van der Waals surface area contributed by atoms with Gasteiger partial charge in [-0.2, -0.15) is 0 Å². The van der Waals surface area contributed by atoms with Crippen molar-refractivity contribution in [1.82, 2.24) is 10.2 Å². The van der Waals surface area contributed by atoms with Crippen LogP contribution in [0.2, 0.25) is 0 Å². The molecule has 0 aliphatic carbocycles. The van der Waals surface area contributed by atoms with E-state index in [1.165, 1.54) is 6.42 Å². The highest BCUT2D eigenvalue weighted by Crippen LogP contribution is 2.18. The maximum Gasteiger partial charge on any atom is 0.239 e. The number of aliphatic hydroxyl groups excluding tert-OH is 1. The molecule has 4 nitrogen and oxygen atoms in total. The van der Waals surface area contributed by atoms with Crippen molar-refractivity contribution in [1.29, 1.82) is 0 Å². The third kappa shape index (κ3) is 2.49. The Balaban J connectivity index is 1.85. The summed E-state index contributed by atoms with van der Waals surface area (Å²) in [6.45, 7) is 2.74. The van der Waals surface area contributed by atoms with Crippen LogP contribution in [0.1, 0.15) is 25.7 Å². The van der Waals surface area contributed by atoms with E-state index in [0.29, 0.717) is 5.92 Å². The first-order valence-corrected chi connectivity index (χ1v) is 5.94. The molecular weight excluding hydrogens is 192 g/mol. The summed E-state index contributed by atoms with van der Waals surface area (Å²) in [6.07, 6.45) is 4.26. The third-order valence-electron chi connectivity index (χ3n) is 3.46. The van der Waals surface area contributed by atoms with Gasteiger partial charge in [0, 0.05) is 25.6 Å². The zero-order chi connectivity index (χ0) is 10.7. The number of hydrogen-bond acceptors (Lipinski definition) is 3. The monoisotopic (exact) mass is 212 g/mol. The first kappa shape index (κ1) is 10.9. The lowest BCUT2D eigenvalue weighted by atomic mass is 10.0. The number of nitrogens with zero attached hydrogens (tertiary/aromatic N) is 1. The van der Waals surface area contributed by atoms with Gasteiger partial charge in [0.1, 0.15) is 0 Å². The summed E-state index contributed by atoms with van der Waals surface area (Å²) in [5.74, 6) is 0.545. The van der Waals surface area contributed by atoms with Gasteiger partial charge in [-0.3, -0.25) is 4.79 Å². The van der Waals surface area contributed by atoms with Crippen molar-refractivity contribution in [2.75, 3.05) is 26.2 Å². The molecule has 0 saturated carbocycles. The van der Waals surface area contributed by atoms with Gasteiger partial charge in [0.05, 0.1) is 6.04 Å². The van der Waals surface area contributed by atoms with Gasteiger partial charge in [0.2, 0.25) is 5.91 Å². The van der Waals surface area contributed by atoms with E-state index < -0.39 is 0 Å². The Morgan fingerprint density at radius 1 is 1.40 bits per heavy atom. The summed E-state index contributed by atoms with van der Waals surface area (Å²) < 4.78 is 0. The van der Waals surface area contributed by atoms with Gasteiger partial charge in [-0.25, -0.2) is 0 Å². The molecule has 0 radical (unpaired) electrons. The van der Waals surface area contributed by atoms with Crippen LogP contribution >= 0.6 is 0 Å². The fraction of sp³-hybridized carbons (Fsp3) is 0.909. The number of carbonyl (C=O) groups excluding carboxylic acids is 1. The van der Waals surface area contributed by atoms with Crippen LogP contribution in [0.3, 0.4) is 0 Å². The van der Waals surface area contributed by atoms with Crippen molar-refractivity contribution in [2.24, 2.45) is 5.92 Å². The molecule has 0 aromatic rings. The van der Waals surface area contributed by atoms with Crippen molar-refractivity contribution >= 4 is 5.91 Å². The van der Waals surface area contributed by atoms with Crippen molar-refractivity contribution in [3.05, 3.63) is 0 Å². The van der Waals surface area contributed by atoms with Crippen molar-refractivity contribution in [3.63, 3.8) is 0 Å². The average Bonchev–Trinajstić information content (AvgIpc) is 2.78. The van der Waals surface area contributed by atoms with Crippen molar-refractivity contribution < 1.29 is 9.90 Å². The molecule has 2 saturated heterocycles. The number of likely N-dealkylation sites (tertiary alicyclic amines) is 1. The zero-order valence-electron chi connectivity index (χ0n) is 9.11. The molecule has 2 atom stereocenters. The van der Waals surface area contributed by atoms with Crippen LogP contribution in [0.25, 0.3) is 0 Å². The normalized spacial score (nSPS) is 31.9. The number of aliphatic hydroxyl groups is 1. The second kappa shape index (κ2) is 4.94. The fourth-order valence-electron chi connectivity index (χ4n) is 2.46. The van der Waals surface area contributed by atoms with Gasteiger partial charge < -0.3 is 15.3 Å². The Morgan fingerprint density at radius 3 is 2.87 bits per heavy atom. The molecule has 1 amide bonds. The summed E-state index contributed by atoms with van der Waals surface area (Å²) in [6, 6.07) is 0.0381. The largest absolute Gasteiger partial charge is 0.396 e. The van der Waals surface area contributed by atoms with Crippen molar-refractivity contribution in [3.8, 4) is 0 Å². The van der Waals surface area contributed by atoms with Gasteiger partial charge in [-0.1, -0.05) is 6.42 Å². The molecular formula is C11H20N2O2. The lowest BCUT2D eigenvalue weighted by molar-refractivity contribution is -0.133. The highest BCUT2D eigenvalue weighted by Gasteiger charge is 2.30. The van der Waals surface area contributed by atoms with Gasteiger partial charge in [0.15, 0.2) is 0 Å². The molecule has 2 rings (SSSR count). The summed E-state index contributed by atoms with van der Waals surface area (Å²) in [5, 5.41) is 12.3. The number of hydrogen-bond donors (Lipinski definition) is 2. The van der Waals surface area contributed by atoms with E-state index in [4.69, 9.17) is 5.11 Å². The zero-order valence-corrected chi connectivity index (χ0v) is 9.11. The quantitative estimate of drug-likeness (QED) is 0.676. The topological polar surface area (TPSA) is 52.6 Å². The number of amides is 1. The Labute approximate surface area is 90.6 Å². The SMILES string of the molecule is O=C([C@H]1CCCCN1)N1CC[C@H](CO)C1. The molecule has 0 unspecified atom stereocenters. The predicted octanol–water partition coefficient (Wildman–Crippen LogP) is -0.0307. The molecule has 4 heteroatoms. The van der Waals surface area contributed by atoms with E-state index >= 15 is 0 Å². The Hall–Kier alpha value is -0.610. The highest BCUT2D eigenvalue weighted by molar-refractivity contribution is 5.82. The van der Waals surface area contributed by atoms with Crippen LogP contribution in [-0.4, -0.2) is 48.2 Å². The molecule has 0 aromatic heterocycles. The minimum absolute atomic E-state index is 0.0381. The standard InChI is InChI=1S/C11H20N2O2/c14-8-9-4-6-13(7-9)11(15)10-3-1-2-5-12-10/h9-10,12,14H,1-8H2/t9-,10+/m0/s1. The number of rotatable bonds is 2. The lowest BCUT2D eigenvalue weighted by Crippen LogP contribution is -2.47. The van der Waals surface area contributed by atoms with E-state index in [1.54, 1.807) is 0 Å². The van der Waals surface area contributed by atoms with E-state index in [0.717, 1.165) is 38.9 Å². The third-order valence-corrected chi connectivity index (χ3v) is 3.46. The maximum absolute atomic E-state index is 12.0. The first-order chi connectivity index (χ1) is 7.31. The molecule has 15 heavy (non-hydrogen) atoms. The number of piperidine rings is 1. The summed E-state index contributed by atoms with van der Waals surface area (Å²) in [7, 11) is 0. The van der Waals surface area contributed by atoms with Crippen LogP contribution in [0, 0.1) is 5.92 Å². The second-order valence-corrected chi connectivity index (χ2v) is 4.62. The molecule has 2 aliphatic rings. The van der Waals surface area contributed by atoms with Crippen LogP contribution in [0.5, 0.6) is 0 Å². The lowest BCUT2D eigenvalue weighted by Gasteiger charge is -2.27. The summed E-state index contributed by atoms with van der Waals surface area (Å²) >= 11 is 0. The Bertz CT molecular complexity index is 227. The van der Waals surface area contributed by atoms with E-state index in [1.807, 2.05) is 4.90 Å². The van der Waals surface area contributed by atoms with Gasteiger partial charge in [-0.05, 0) is 25.8 Å². The van der Waals surface area contributed by atoms with Crippen LogP contribution in [0.15, 0.2) is 0 Å². The predicted molar refractivity (Wildman–Crippen MR) is 57.4 cm³/mol. The molecule has 2 fully saturated rings. The summed E-state index contributed by atoms with van der Waals surface area (Å²) in [5.41, 5.74) is 0. The minimum atomic E-state index is 0.0381. The number of carbonyl (C=O) groups is 1. The van der Waals surface area contributed by atoms with Crippen LogP contribution < -0.4 is 5.32 Å². The summed E-state index contributed by atoms with van der Waals surface area (Å²) in [4.78, 5) is 14.0. The van der Waals surface area contributed by atoms with Crippen LogP contribution in [0.4, 0.5) is 0 Å². The van der Waals surface area contributed by atoms with Gasteiger partial charge >= 0.3 is 0 Å². The van der Waals surface area contributed by atoms with Gasteiger partial charge in [0.25, 0.3) is 0 Å². The van der Waals surface area contributed by atoms with E-state index in [9.17, 15) is 4.79 Å². The molecule has 0 bridgehead atoms. The average molecular weight is 212 g/mol. The molecule has 0 aromatic carbocycles. The smallest absolute Gasteiger partial charge is 0.239 e. The highest BCUT2D eigenvalue weighted by atomic mass is 16.3. The molecule has 2 aliphatic heterocycles. The maximum atomic E-state index is 12.0. The second-order valence-electron chi connectivity index (χ2n) is 4.62. The minimum Gasteiger partial charge on any atom is -0.396 e. The van der Waals surface area contributed by atoms with Crippen molar-refractivity contribution in [2.45, 2.75) is 31.7 Å². The fourth-order valence-corrected chi connectivity index (χ4v) is 2.46. The molecule has 0 spiro atoms. The molecule has 2 heterocycles. The number of nitrogens with one attached hydrogen (secondary N) is 1. The van der Waals surface area contributed by atoms with Gasteiger partial charge in [-0.15, -0.1) is 0 Å². The van der Waals surface area contributed by atoms with Crippen LogP contribution in [-0.2, 0) is 4.79 Å². The van der Waals surface area contributed by atoms with E-state index in [2.05, 4.69) is 5.32 Å². The first-order valence-electron chi connectivity index (χ1n) is 5.94.